The molecule has 0 bridgehead atoms. The van der Waals surface area contributed by atoms with Crippen LogP contribution in [0.15, 0.2) is 16.7 Å². The van der Waals surface area contributed by atoms with E-state index in [1.165, 1.54) is 26.2 Å². The quantitative estimate of drug-likeness (QED) is 0.889. The largest absolute Gasteiger partial charge is 0.468 e. The second-order valence-corrected chi connectivity index (χ2v) is 6.73. The molecular weight excluding hydrogens is 242 g/mol. The van der Waals surface area contributed by atoms with E-state index in [9.17, 15) is 13.2 Å². The highest BCUT2D eigenvalue weighted by Gasteiger charge is 2.32. The van der Waals surface area contributed by atoms with Crippen LogP contribution < -0.4 is 4.72 Å². The monoisotopic (exact) mass is 257 g/mol. The Morgan fingerprint density at radius 2 is 2.12 bits per heavy atom. The number of hydrogen-bond donors (Lipinski definition) is 1. The summed E-state index contributed by atoms with van der Waals surface area (Å²) in [6.07, 6.45) is 3.40. The number of nitrogens with one attached hydrogen (secondary N) is 1. The first-order chi connectivity index (χ1) is 7.92. The Bertz CT molecular complexity index is 525. The lowest BCUT2D eigenvalue weighted by Gasteiger charge is -2.09. The van der Waals surface area contributed by atoms with Crippen molar-refractivity contribution in [1.82, 2.24) is 4.72 Å². The van der Waals surface area contributed by atoms with E-state index in [1.807, 2.05) is 0 Å². The summed E-state index contributed by atoms with van der Waals surface area (Å²) < 4.78 is 30.4. The summed E-state index contributed by atoms with van der Waals surface area (Å²) in [5.41, 5.74) is 0.330. The molecule has 1 aliphatic rings. The van der Waals surface area contributed by atoms with Crippen molar-refractivity contribution in [2.24, 2.45) is 0 Å². The third-order valence-corrected chi connectivity index (χ3v) is 4.45. The average Bonchev–Trinajstić information content (AvgIpc) is 2.95. The van der Waals surface area contributed by atoms with Gasteiger partial charge < -0.3 is 4.42 Å². The van der Waals surface area contributed by atoms with Gasteiger partial charge in [0, 0.05) is 5.92 Å². The molecule has 1 aromatic heterocycles. The van der Waals surface area contributed by atoms with Gasteiger partial charge in [-0.15, -0.1) is 0 Å². The fourth-order valence-electron chi connectivity index (χ4n) is 1.47. The van der Waals surface area contributed by atoms with Gasteiger partial charge in [0.05, 0.1) is 17.1 Å². The number of carbonyl (C=O) groups is 1. The van der Waals surface area contributed by atoms with Crippen molar-refractivity contribution in [2.45, 2.75) is 37.9 Å². The molecular formula is C11H15NO4S. The minimum atomic E-state index is -3.59. The molecule has 1 aliphatic carbocycles. The van der Waals surface area contributed by atoms with Gasteiger partial charge in [-0.25, -0.2) is 13.1 Å². The van der Waals surface area contributed by atoms with E-state index in [2.05, 4.69) is 4.72 Å². The molecule has 17 heavy (non-hydrogen) atoms. The van der Waals surface area contributed by atoms with Crippen LogP contribution in [0.25, 0.3) is 0 Å². The number of hydrogen-bond acceptors (Lipinski definition) is 4. The maximum Gasteiger partial charge on any atom is 0.268 e. The standard InChI is InChI=1S/C11H15NO4S/c1-7(2)17(14,15)12-11(13)9-5-6-16-10(9)8-3-4-8/h5-8H,3-4H2,1-2H3,(H,12,13). The van der Waals surface area contributed by atoms with Crippen LogP contribution in [-0.4, -0.2) is 19.6 Å². The van der Waals surface area contributed by atoms with Crippen molar-refractivity contribution in [1.29, 1.82) is 0 Å². The Morgan fingerprint density at radius 3 is 2.65 bits per heavy atom. The fraction of sp³-hybridized carbons (Fsp3) is 0.545. The summed E-state index contributed by atoms with van der Waals surface area (Å²) in [6.45, 7) is 3.04. The Hall–Kier alpha value is -1.30. The van der Waals surface area contributed by atoms with E-state index in [-0.39, 0.29) is 5.92 Å². The summed E-state index contributed by atoms with van der Waals surface area (Å²) in [5.74, 6) is 0.267. The first-order valence-electron chi connectivity index (χ1n) is 5.55. The highest BCUT2D eigenvalue weighted by Crippen LogP contribution is 2.42. The van der Waals surface area contributed by atoms with Crippen molar-refractivity contribution >= 4 is 15.9 Å². The first-order valence-corrected chi connectivity index (χ1v) is 7.10. The van der Waals surface area contributed by atoms with Gasteiger partial charge >= 0.3 is 0 Å². The zero-order chi connectivity index (χ0) is 12.6. The normalized spacial score (nSPS) is 16.2. The Labute approximate surface area is 100 Å². The Kier molecular flexibility index (Phi) is 2.99. The van der Waals surface area contributed by atoms with Gasteiger partial charge in [-0.2, -0.15) is 0 Å². The van der Waals surface area contributed by atoms with Crippen LogP contribution in [0.4, 0.5) is 0 Å². The average molecular weight is 257 g/mol. The van der Waals surface area contributed by atoms with Crippen LogP contribution in [0.3, 0.4) is 0 Å². The van der Waals surface area contributed by atoms with Crippen molar-refractivity contribution < 1.29 is 17.6 Å². The van der Waals surface area contributed by atoms with Gasteiger partial charge in [0.15, 0.2) is 0 Å². The van der Waals surface area contributed by atoms with Gasteiger partial charge in [-0.1, -0.05) is 0 Å². The molecule has 0 atom stereocenters. The fourth-order valence-corrected chi connectivity index (χ4v) is 2.08. The Morgan fingerprint density at radius 1 is 1.47 bits per heavy atom. The molecule has 2 rings (SSSR count). The highest BCUT2D eigenvalue weighted by molar-refractivity contribution is 7.90. The van der Waals surface area contributed by atoms with Crippen LogP contribution in [0, 0.1) is 0 Å². The first kappa shape index (κ1) is 12.2. The molecule has 0 radical (unpaired) electrons. The SMILES string of the molecule is CC(C)S(=O)(=O)NC(=O)c1ccoc1C1CC1. The second-order valence-electron chi connectivity index (χ2n) is 4.50. The number of sulfonamides is 1. The Balaban J connectivity index is 2.18. The lowest BCUT2D eigenvalue weighted by molar-refractivity contribution is 0.0979. The van der Waals surface area contributed by atoms with Gasteiger partial charge in [-0.05, 0) is 32.8 Å². The molecule has 0 spiro atoms. The molecule has 0 unspecified atom stereocenters. The van der Waals surface area contributed by atoms with E-state index in [1.54, 1.807) is 0 Å². The molecule has 5 nitrogen and oxygen atoms in total. The maximum atomic E-state index is 11.8. The van der Waals surface area contributed by atoms with Crippen molar-refractivity contribution in [3.8, 4) is 0 Å². The van der Waals surface area contributed by atoms with Gasteiger partial charge in [-0.3, -0.25) is 4.79 Å². The summed E-state index contributed by atoms with van der Waals surface area (Å²) in [5, 5.41) is -0.636. The van der Waals surface area contributed by atoms with Crippen molar-refractivity contribution in [3.05, 3.63) is 23.7 Å². The smallest absolute Gasteiger partial charge is 0.268 e. The molecule has 1 amide bonds. The molecule has 1 heterocycles. The molecule has 1 N–H and O–H groups in total. The zero-order valence-corrected chi connectivity index (χ0v) is 10.6. The molecule has 0 saturated heterocycles. The topological polar surface area (TPSA) is 76.4 Å². The van der Waals surface area contributed by atoms with E-state index in [0.29, 0.717) is 11.3 Å². The van der Waals surface area contributed by atoms with E-state index < -0.39 is 21.2 Å². The predicted molar refractivity (Wildman–Crippen MR) is 62.2 cm³/mol. The van der Waals surface area contributed by atoms with Crippen LogP contribution in [0.1, 0.15) is 48.7 Å². The molecule has 1 saturated carbocycles. The predicted octanol–water partition coefficient (Wildman–Crippen LogP) is 1.62. The van der Waals surface area contributed by atoms with E-state index >= 15 is 0 Å². The summed E-state index contributed by atoms with van der Waals surface area (Å²) in [4.78, 5) is 11.8. The van der Waals surface area contributed by atoms with Gasteiger partial charge in [0.1, 0.15) is 5.76 Å². The van der Waals surface area contributed by atoms with Gasteiger partial charge in [0.25, 0.3) is 5.91 Å². The van der Waals surface area contributed by atoms with Crippen molar-refractivity contribution in [2.75, 3.05) is 0 Å². The number of rotatable bonds is 4. The second kappa shape index (κ2) is 4.18. The summed E-state index contributed by atoms with van der Waals surface area (Å²) in [7, 11) is -3.59. The minimum absolute atomic E-state index is 0.271. The molecule has 0 aromatic carbocycles. The zero-order valence-electron chi connectivity index (χ0n) is 9.76. The third-order valence-electron chi connectivity index (χ3n) is 2.74. The van der Waals surface area contributed by atoms with Crippen LogP contribution in [-0.2, 0) is 10.0 Å². The lowest BCUT2D eigenvalue weighted by Crippen LogP contribution is -2.35. The number of amides is 1. The van der Waals surface area contributed by atoms with Crippen LogP contribution >= 0.6 is 0 Å². The van der Waals surface area contributed by atoms with E-state index in [4.69, 9.17) is 4.42 Å². The summed E-state index contributed by atoms with van der Waals surface area (Å²) >= 11 is 0. The molecule has 6 heteroatoms. The lowest BCUT2D eigenvalue weighted by atomic mass is 10.2. The van der Waals surface area contributed by atoms with Crippen LogP contribution in [0.2, 0.25) is 0 Å². The minimum Gasteiger partial charge on any atom is -0.468 e. The number of furan rings is 1. The molecule has 1 fully saturated rings. The van der Waals surface area contributed by atoms with Crippen LogP contribution in [0.5, 0.6) is 0 Å². The van der Waals surface area contributed by atoms with Gasteiger partial charge in [0.2, 0.25) is 10.0 Å². The number of carbonyl (C=O) groups excluding carboxylic acids is 1. The van der Waals surface area contributed by atoms with E-state index in [0.717, 1.165) is 12.8 Å². The summed E-state index contributed by atoms with van der Waals surface area (Å²) in [6, 6.07) is 1.51. The van der Waals surface area contributed by atoms with Crippen molar-refractivity contribution in [3.63, 3.8) is 0 Å². The third kappa shape index (κ3) is 2.52. The molecule has 1 aromatic rings. The maximum absolute atomic E-state index is 11.8. The highest BCUT2D eigenvalue weighted by atomic mass is 32.2. The molecule has 0 aliphatic heterocycles. The molecule has 94 valence electrons.